The molecule has 0 aliphatic carbocycles. The number of benzene rings is 2. The van der Waals surface area contributed by atoms with Gasteiger partial charge in [-0.3, -0.25) is 4.98 Å². The predicted molar refractivity (Wildman–Crippen MR) is 112 cm³/mol. The molecule has 28 heavy (non-hydrogen) atoms. The fourth-order valence-corrected chi connectivity index (χ4v) is 3.81. The van der Waals surface area contributed by atoms with Crippen LogP contribution >= 0.6 is 12.2 Å². The topological polar surface area (TPSA) is 74.7 Å². The molecular weight excluding hydrogens is 374 g/mol. The number of carboxylic acid groups (broad SMARTS) is 1. The number of aromatic nitrogens is 1. The number of hydrogen-bond donors (Lipinski definition) is 2. The van der Waals surface area contributed by atoms with Gasteiger partial charge < -0.3 is 20.1 Å². The maximum absolute atomic E-state index is 11.5. The van der Waals surface area contributed by atoms with Gasteiger partial charge in [-0.25, -0.2) is 4.79 Å². The zero-order valence-electron chi connectivity index (χ0n) is 15.0. The average molecular weight is 393 g/mol. The van der Waals surface area contributed by atoms with Crippen molar-refractivity contribution in [2.45, 2.75) is 12.0 Å². The van der Waals surface area contributed by atoms with Crippen LogP contribution in [0, 0.1) is 0 Å². The van der Waals surface area contributed by atoms with Gasteiger partial charge >= 0.3 is 6.09 Å². The summed E-state index contributed by atoms with van der Waals surface area (Å²) in [6.07, 6.45) is 2.21. The van der Waals surface area contributed by atoms with Crippen molar-refractivity contribution in [1.82, 2.24) is 9.88 Å². The van der Waals surface area contributed by atoms with Crippen molar-refractivity contribution in [3.05, 3.63) is 72.6 Å². The molecule has 1 saturated heterocycles. The lowest BCUT2D eigenvalue weighted by molar-refractivity contribution is 0.143. The predicted octanol–water partition coefficient (Wildman–Crippen LogP) is 4.09. The summed E-state index contributed by atoms with van der Waals surface area (Å²) in [5.74, 6) is -0.0752. The van der Waals surface area contributed by atoms with Gasteiger partial charge in [-0.15, -0.1) is 0 Å². The zero-order valence-corrected chi connectivity index (χ0v) is 15.8. The smallest absolute Gasteiger partial charge is 0.407 e. The second kappa shape index (κ2) is 7.82. The summed E-state index contributed by atoms with van der Waals surface area (Å²) < 4.78 is 6.01. The Morgan fingerprint density at radius 1 is 1.14 bits per heavy atom. The number of amides is 1. The molecule has 3 aromatic rings. The first-order valence-electron chi connectivity index (χ1n) is 8.95. The van der Waals surface area contributed by atoms with Gasteiger partial charge in [0.1, 0.15) is 6.10 Å². The Bertz CT molecular complexity index is 1010. The molecule has 1 aliphatic rings. The molecule has 2 atom stereocenters. The average Bonchev–Trinajstić information content (AvgIpc) is 3.13. The van der Waals surface area contributed by atoms with E-state index < -0.39 is 6.09 Å². The van der Waals surface area contributed by atoms with Gasteiger partial charge in [-0.1, -0.05) is 42.5 Å². The van der Waals surface area contributed by atoms with Crippen LogP contribution in [0.4, 0.5) is 10.5 Å². The van der Waals surface area contributed by atoms with E-state index in [-0.39, 0.29) is 23.7 Å². The molecule has 1 fully saturated rings. The van der Waals surface area contributed by atoms with E-state index in [0.717, 1.165) is 22.0 Å². The quantitative estimate of drug-likeness (QED) is 0.653. The minimum atomic E-state index is -0.951. The van der Waals surface area contributed by atoms with Crippen molar-refractivity contribution in [3.8, 4) is 0 Å². The molecule has 1 aromatic heterocycles. The second-order valence-electron chi connectivity index (χ2n) is 6.68. The van der Waals surface area contributed by atoms with E-state index in [1.54, 1.807) is 12.4 Å². The van der Waals surface area contributed by atoms with Crippen LogP contribution in [0.2, 0.25) is 0 Å². The van der Waals surface area contributed by atoms with Gasteiger partial charge in [0.25, 0.3) is 5.17 Å². The number of ether oxygens (including phenoxy) is 1. The number of thiocarbonyl (C=S) groups is 1. The fraction of sp³-hybridized carbons (Fsp3) is 0.190. The van der Waals surface area contributed by atoms with Crippen LogP contribution in [0.15, 0.2) is 67.0 Å². The van der Waals surface area contributed by atoms with E-state index in [1.807, 2.05) is 54.6 Å². The number of nitrogens with one attached hydrogen (secondary N) is 1. The molecule has 142 valence electrons. The minimum absolute atomic E-state index is 0.0752. The highest BCUT2D eigenvalue weighted by Gasteiger charge is 2.38. The standard InChI is InChI=1S/C21H19N3O3S/c25-21(26)24-12-17(14-5-2-1-3-6-14)19(13-24)27-20(28)23-18-8-4-7-15-11-22-10-9-16(15)18/h1-11,17,19H,12-13H2,(H,23,28)(H,25,26)/t17-,19+/m1/s1. The van der Waals surface area contributed by atoms with Crippen molar-refractivity contribution in [3.63, 3.8) is 0 Å². The third kappa shape index (κ3) is 3.75. The molecule has 0 saturated carbocycles. The molecule has 0 bridgehead atoms. The van der Waals surface area contributed by atoms with Crippen LogP contribution in [-0.2, 0) is 4.74 Å². The minimum Gasteiger partial charge on any atom is -0.465 e. The van der Waals surface area contributed by atoms with Crippen molar-refractivity contribution in [1.29, 1.82) is 0 Å². The number of rotatable bonds is 3. The lowest BCUT2D eigenvalue weighted by Crippen LogP contribution is -2.30. The van der Waals surface area contributed by atoms with Gasteiger partial charge in [0.2, 0.25) is 0 Å². The van der Waals surface area contributed by atoms with Crippen LogP contribution in [-0.4, -0.2) is 45.5 Å². The number of fused-ring (bicyclic) bond motifs is 1. The van der Waals surface area contributed by atoms with Crippen molar-refractivity contribution >= 4 is 39.9 Å². The van der Waals surface area contributed by atoms with Crippen LogP contribution in [0.1, 0.15) is 11.5 Å². The highest BCUT2D eigenvalue weighted by atomic mass is 32.1. The highest BCUT2D eigenvalue weighted by Crippen LogP contribution is 2.30. The highest BCUT2D eigenvalue weighted by molar-refractivity contribution is 7.80. The van der Waals surface area contributed by atoms with E-state index in [1.165, 1.54) is 4.90 Å². The normalized spacial score (nSPS) is 18.8. The lowest BCUT2D eigenvalue weighted by atomic mass is 9.96. The first-order valence-corrected chi connectivity index (χ1v) is 9.36. The number of anilines is 1. The Hall–Kier alpha value is -3.19. The number of nitrogens with zero attached hydrogens (tertiary/aromatic N) is 2. The maximum atomic E-state index is 11.5. The van der Waals surface area contributed by atoms with E-state index in [9.17, 15) is 9.90 Å². The lowest BCUT2D eigenvalue weighted by Gasteiger charge is -2.21. The number of hydrogen-bond acceptors (Lipinski definition) is 4. The van der Waals surface area contributed by atoms with Crippen LogP contribution in [0.5, 0.6) is 0 Å². The van der Waals surface area contributed by atoms with Crippen molar-refractivity contribution in [2.75, 3.05) is 18.4 Å². The molecule has 1 amide bonds. The fourth-order valence-electron chi connectivity index (χ4n) is 3.58. The Morgan fingerprint density at radius 2 is 1.96 bits per heavy atom. The molecule has 7 heteroatoms. The number of likely N-dealkylation sites (tertiary alicyclic amines) is 1. The molecule has 0 radical (unpaired) electrons. The second-order valence-corrected chi connectivity index (χ2v) is 7.05. The number of carbonyl (C=O) groups is 1. The largest absolute Gasteiger partial charge is 0.465 e. The summed E-state index contributed by atoms with van der Waals surface area (Å²) in [6, 6.07) is 17.5. The number of pyridine rings is 1. The summed E-state index contributed by atoms with van der Waals surface area (Å²) in [6.45, 7) is 0.655. The third-order valence-electron chi connectivity index (χ3n) is 4.94. The molecule has 2 N–H and O–H groups in total. The Morgan fingerprint density at radius 3 is 2.75 bits per heavy atom. The Balaban J connectivity index is 1.52. The summed E-state index contributed by atoms with van der Waals surface area (Å²) in [7, 11) is 0. The third-order valence-corrected chi connectivity index (χ3v) is 5.14. The summed E-state index contributed by atoms with van der Waals surface area (Å²) in [5.41, 5.74) is 1.87. The van der Waals surface area contributed by atoms with Crippen LogP contribution in [0.25, 0.3) is 10.8 Å². The first kappa shape index (κ1) is 18.2. The van der Waals surface area contributed by atoms with Crippen molar-refractivity contribution in [2.24, 2.45) is 0 Å². The van der Waals surface area contributed by atoms with E-state index in [4.69, 9.17) is 17.0 Å². The molecule has 1 aliphatic heterocycles. The van der Waals surface area contributed by atoms with Gasteiger partial charge in [0.05, 0.1) is 6.54 Å². The summed E-state index contributed by atoms with van der Waals surface area (Å²) in [4.78, 5) is 17.0. The zero-order chi connectivity index (χ0) is 19.5. The molecule has 0 spiro atoms. The summed E-state index contributed by atoms with van der Waals surface area (Å²) in [5, 5.41) is 14.8. The van der Waals surface area contributed by atoms with Crippen LogP contribution in [0.3, 0.4) is 0 Å². The van der Waals surface area contributed by atoms with Crippen molar-refractivity contribution < 1.29 is 14.6 Å². The van der Waals surface area contributed by atoms with Crippen LogP contribution < -0.4 is 5.32 Å². The SMILES string of the molecule is O=C(O)N1C[C@H](OC(=S)Nc2cccc3cnccc23)[C@@H](c2ccccc2)C1. The summed E-state index contributed by atoms with van der Waals surface area (Å²) >= 11 is 5.43. The van der Waals surface area contributed by atoms with Gasteiger partial charge in [0.15, 0.2) is 0 Å². The first-order chi connectivity index (χ1) is 13.6. The van der Waals surface area contributed by atoms with Gasteiger partial charge in [-0.2, -0.15) is 0 Å². The Labute approximate surface area is 167 Å². The van der Waals surface area contributed by atoms with E-state index in [2.05, 4.69) is 10.3 Å². The maximum Gasteiger partial charge on any atom is 0.407 e. The Kier molecular flexibility index (Phi) is 5.08. The van der Waals surface area contributed by atoms with Gasteiger partial charge in [-0.05, 0) is 29.9 Å². The molecule has 6 nitrogen and oxygen atoms in total. The molecule has 2 heterocycles. The van der Waals surface area contributed by atoms with E-state index >= 15 is 0 Å². The molecular formula is C21H19N3O3S. The van der Waals surface area contributed by atoms with Gasteiger partial charge in [0, 0.05) is 41.3 Å². The molecule has 4 rings (SSSR count). The molecule has 0 unspecified atom stereocenters. The monoisotopic (exact) mass is 393 g/mol. The van der Waals surface area contributed by atoms with E-state index in [0.29, 0.717) is 6.54 Å². The molecule has 2 aromatic carbocycles.